The van der Waals surface area contributed by atoms with E-state index < -0.39 is 5.91 Å². The predicted molar refractivity (Wildman–Crippen MR) is 108 cm³/mol. The lowest BCUT2D eigenvalue weighted by Gasteiger charge is -2.36. The summed E-state index contributed by atoms with van der Waals surface area (Å²) in [6, 6.07) is 13.3. The monoisotopic (exact) mass is 379 g/mol. The van der Waals surface area contributed by atoms with Crippen LogP contribution in [0.2, 0.25) is 0 Å². The molecule has 0 saturated carbocycles. The molecular formula is C21H25N5O2. The molecule has 2 saturated heterocycles. The lowest BCUT2D eigenvalue weighted by atomic mass is 10.1. The molecular weight excluding hydrogens is 354 g/mol. The maximum absolute atomic E-state index is 12.4. The van der Waals surface area contributed by atoms with Gasteiger partial charge in [-0.1, -0.05) is 18.2 Å². The van der Waals surface area contributed by atoms with E-state index in [1.54, 1.807) is 18.3 Å². The van der Waals surface area contributed by atoms with Crippen LogP contribution in [0.5, 0.6) is 0 Å². The number of nitrogens with two attached hydrogens (primary N) is 1. The summed E-state index contributed by atoms with van der Waals surface area (Å²) in [4.78, 5) is 34.8. The third-order valence-corrected chi connectivity index (χ3v) is 5.51. The first-order valence-electron chi connectivity index (χ1n) is 9.69. The van der Waals surface area contributed by atoms with E-state index in [0.717, 1.165) is 45.0 Å². The van der Waals surface area contributed by atoms with Crippen LogP contribution < -0.4 is 15.5 Å². The maximum atomic E-state index is 12.4. The van der Waals surface area contributed by atoms with Crippen LogP contribution in [0.1, 0.15) is 16.8 Å². The van der Waals surface area contributed by atoms with Crippen LogP contribution in [0, 0.1) is 5.92 Å². The van der Waals surface area contributed by atoms with Crippen molar-refractivity contribution in [3.05, 3.63) is 54.2 Å². The van der Waals surface area contributed by atoms with Crippen molar-refractivity contribution < 1.29 is 9.59 Å². The summed E-state index contributed by atoms with van der Waals surface area (Å²) in [5.74, 6) is 0.765. The highest BCUT2D eigenvalue weighted by Gasteiger charge is 2.32. The van der Waals surface area contributed by atoms with Gasteiger partial charge in [-0.3, -0.25) is 14.5 Å². The molecule has 4 rings (SSSR count). The highest BCUT2D eigenvalue weighted by Crippen LogP contribution is 2.26. The molecule has 146 valence electrons. The van der Waals surface area contributed by atoms with Crippen molar-refractivity contribution in [2.24, 2.45) is 11.7 Å². The van der Waals surface area contributed by atoms with Gasteiger partial charge in [0.2, 0.25) is 5.91 Å². The van der Waals surface area contributed by atoms with E-state index in [1.165, 1.54) is 0 Å². The molecule has 3 heterocycles. The molecule has 0 aliphatic carbocycles. The van der Waals surface area contributed by atoms with Crippen LogP contribution >= 0.6 is 0 Å². The Balaban J connectivity index is 1.33. The zero-order chi connectivity index (χ0) is 19.5. The third kappa shape index (κ3) is 3.84. The molecule has 2 N–H and O–H groups in total. The number of primary amides is 1. The zero-order valence-corrected chi connectivity index (χ0v) is 15.8. The molecule has 2 aliphatic rings. The fraction of sp³-hybridized carbons (Fsp3) is 0.381. The van der Waals surface area contributed by atoms with E-state index in [0.29, 0.717) is 23.7 Å². The molecule has 1 aromatic heterocycles. The number of rotatable bonds is 5. The molecule has 0 spiro atoms. The van der Waals surface area contributed by atoms with Gasteiger partial charge in [-0.2, -0.15) is 0 Å². The number of pyridine rings is 1. The Morgan fingerprint density at radius 3 is 2.54 bits per heavy atom. The predicted octanol–water partition coefficient (Wildman–Crippen LogP) is 1.36. The fourth-order valence-corrected chi connectivity index (χ4v) is 4.11. The fourth-order valence-electron chi connectivity index (χ4n) is 4.11. The number of hydrogen-bond acceptors (Lipinski definition) is 5. The summed E-state index contributed by atoms with van der Waals surface area (Å²) >= 11 is 0. The zero-order valence-electron chi connectivity index (χ0n) is 15.8. The number of amides is 2. The van der Waals surface area contributed by atoms with Gasteiger partial charge in [0.05, 0.1) is 5.56 Å². The number of nitrogens with zero attached hydrogens (tertiary/aromatic N) is 4. The number of anilines is 2. The Bertz CT molecular complexity index is 849. The van der Waals surface area contributed by atoms with E-state index in [2.05, 4.69) is 14.8 Å². The summed E-state index contributed by atoms with van der Waals surface area (Å²) in [5.41, 5.74) is 6.93. The quantitative estimate of drug-likeness (QED) is 0.848. The Hall–Kier alpha value is -2.93. The van der Waals surface area contributed by atoms with Gasteiger partial charge in [-0.05, 0) is 30.2 Å². The molecule has 0 radical (unpaired) electrons. The summed E-state index contributed by atoms with van der Waals surface area (Å²) < 4.78 is 0. The van der Waals surface area contributed by atoms with Gasteiger partial charge in [-0.15, -0.1) is 0 Å². The molecule has 1 atom stereocenters. The van der Waals surface area contributed by atoms with E-state index >= 15 is 0 Å². The third-order valence-electron chi connectivity index (χ3n) is 5.51. The van der Waals surface area contributed by atoms with Crippen molar-refractivity contribution in [1.29, 1.82) is 0 Å². The number of carbonyl (C=O) groups excluding carboxylic acids is 2. The number of benzene rings is 1. The van der Waals surface area contributed by atoms with Crippen molar-refractivity contribution >= 4 is 23.3 Å². The second-order valence-corrected chi connectivity index (χ2v) is 7.44. The topological polar surface area (TPSA) is 82.8 Å². The first-order chi connectivity index (χ1) is 13.6. The lowest BCUT2D eigenvalue weighted by Crippen LogP contribution is -2.48. The molecule has 7 heteroatoms. The summed E-state index contributed by atoms with van der Waals surface area (Å²) in [7, 11) is 0. The molecule has 0 bridgehead atoms. The summed E-state index contributed by atoms with van der Waals surface area (Å²) in [6.45, 7) is 5.03. The smallest absolute Gasteiger partial charge is 0.252 e. The second kappa shape index (κ2) is 7.98. The second-order valence-electron chi connectivity index (χ2n) is 7.44. The lowest BCUT2D eigenvalue weighted by molar-refractivity contribution is -0.117. The standard InChI is InChI=1S/C21H25N5O2/c22-20(28)18-7-4-8-23-21(18)25-11-9-24(10-12-25)14-16-13-19(27)26(15-16)17-5-2-1-3-6-17/h1-8,16H,9-15H2,(H2,22,28)/t16-/m1/s1. The maximum Gasteiger partial charge on any atom is 0.252 e. The molecule has 2 amide bonds. The number of para-hydroxylation sites is 1. The Kier molecular flexibility index (Phi) is 5.25. The molecule has 0 unspecified atom stereocenters. The van der Waals surface area contributed by atoms with E-state index in [1.807, 2.05) is 35.2 Å². The van der Waals surface area contributed by atoms with Gasteiger partial charge < -0.3 is 15.5 Å². The van der Waals surface area contributed by atoms with Crippen molar-refractivity contribution in [1.82, 2.24) is 9.88 Å². The number of hydrogen-bond donors (Lipinski definition) is 1. The normalized spacial score (nSPS) is 20.6. The SMILES string of the molecule is NC(=O)c1cccnc1N1CCN(C[C@H]2CC(=O)N(c3ccccc3)C2)CC1. The molecule has 2 aliphatic heterocycles. The minimum absolute atomic E-state index is 0.203. The van der Waals surface area contributed by atoms with Crippen LogP contribution in [-0.2, 0) is 4.79 Å². The van der Waals surface area contributed by atoms with E-state index in [9.17, 15) is 9.59 Å². The Morgan fingerprint density at radius 1 is 1.07 bits per heavy atom. The minimum atomic E-state index is -0.448. The van der Waals surface area contributed by atoms with E-state index in [4.69, 9.17) is 5.73 Å². The van der Waals surface area contributed by atoms with Crippen LogP contribution in [0.25, 0.3) is 0 Å². The average Bonchev–Trinajstić information content (AvgIpc) is 3.09. The number of carbonyl (C=O) groups is 2. The molecule has 2 fully saturated rings. The Morgan fingerprint density at radius 2 is 1.82 bits per heavy atom. The van der Waals surface area contributed by atoms with Crippen LogP contribution in [0.4, 0.5) is 11.5 Å². The van der Waals surface area contributed by atoms with Crippen molar-refractivity contribution in [3.8, 4) is 0 Å². The van der Waals surface area contributed by atoms with Crippen LogP contribution in [-0.4, -0.2) is 61.0 Å². The summed E-state index contributed by atoms with van der Waals surface area (Å²) in [5, 5.41) is 0. The van der Waals surface area contributed by atoms with Gasteiger partial charge in [0.15, 0.2) is 0 Å². The van der Waals surface area contributed by atoms with Gasteiger partial charge >= 0.3 is 0 Å². The van der Waals surface area contributed by atoms with Gasteiger partial charge in [0.1, 0.15) is 5.82 Å². The van der Waals surface area contributed by atoms with Crippen molar-refractivity contribution in [3.63, 3.8) is 0 Å². The van der Waals surface area contributed by atoms with Gasteiger partial charge in [-0.25, -0.2) is 4.98 Å². The summed E-state index contributed by atoms with van der Waals surface area (Å²) in [6.07, 6.45) is 2.29. The molecule has 7 nitrogen and oxygen atoms in total. The first kappa shape index (κ1) is 18.4. The molecule has 2 aromatic rings. The van der Waals surface area contributed by atoms with Crippen LogP contribution in [0.15, 0.2) is 48.7 Å². The highest BCUT2D eigenvalue weighted by atomic mass is 16.2. The highest BCUT2D eigenvalue weighted by molar-refractivity contribution is 5.97. The first-order valence-corrected chi connectivity index (χ1v) is 9.69. The average molecular weight is 379 g/mol. The van der Waals surface area contributed by atoms with Crippen molar-refractivity contribution in [2.45, 2.75) is 6.42 Å². The molecule has 1 aromatic carbocycles. The van der Waals surface area contributed by atoms with E-state index in [-0.39, 0.29) is 5.91 Å². The molecule has 28 heavy (non-hydrogen) atoms. The minimum Gasteiger partial charge on any atom is -0.365 e. The van der Waals surface area contributed by atoms with Crippen molar-refractivity contribution in [2.75, 3.05) is 49.1 Å². The van der Waals surface area contributed by atoms with Gasteiger partial charge in [0, 0.05) is 57.6 Å². The Labute approximate surface area is 164 Å². The van der Waals surface area contributed by atoms with Gasteiger partial charge in [0.25, 0.3) is 5.91 Å². The number of aromatic nitrogens is 1. The largest absolute Gasteiger partial charge is 0.365 e. The number of piperazine rings is 1. The van der Waals surface area contributed by atoms with Crippen LogP contribution in [0.3, 0.4) is 0 Å².